The summed E-state index contributed by atoms with van der Waals surface area (Å²) in [5.41, 5.74) is 0.355. The third-order valence-electron chi connectivity index (χ3n) is 3.15. The highest BCUT2D eigenvalue weighted by Gasteiger charge is 2.22. The topological polar surface area (TPSA) is 111 Å². The molecule has 7 heteroatoms. The molecule has 0 radical (unpaired) electrons. The number of rotatable bonds is 8. The lowest BCUT2D eigenvalue weighted by Crippen LogP contribution is -2.42. The van der Waals surface area contributed by atoms with E-state index in [1.165, 1.54) is 13.3 Å². The number of aliphatic carboxylic acids is 1. The van der Waals surface area contributed by atoms with Gasteiger partial charge in [0.25, 0.3) is 5.91 Å². The Morgan fingerprint density at radius 1 is 1.38 bits per heavy atom. The molecule has 0 saturated carbocycles. The standard InChI is InChI=1S/C17H21N3O4/c1-11(2)8-14(17(22)23)20-16(21)12(9-18)10-19-13-6-4-5-7-15(13)24-3/h4-7,10-11,14,19H,8H2,1-3H3,(H,20,21)(H,22,23)/b12-10-. The van der Waals surface area contributed by atoms with E-state index < -0.39 is 17.9 Å². The summed E-state index contributed by atoms with van der Waals surface area (Å²) in [7, 11) is 1.51. The Morgan fingerprint density at radius 3 is 2.58 bits per heavy atom. The summed E-state index contributed by atoms with van der Waals surface area (Å²) in [6.07, 6.45) is 1.50. The van der Waals surface area contributed by atoms with Gasteiger partial charge in [-0.25, -0.2) is 4.79 Å². The zero-order valence-electron chi connectivity index (χ0n) is 13.9. The molecule has 0 spiro atoms. The fraction of sp³-hybridized carbons (Fsp3) is 0.353. The number of para-hydroxylation sites is 2. The van der Waals surface area contributed by atoms with E-state index in [1.807, 2.05) is 13.8 Å². The summed E-state index contributed by atoms with van der Waals surface area (Å²) in [6, 6.07) is 7.73. The quantitative estimate of drug-likeness (QED) is 0.497. The van der Waals surface area contributed by atoms with E-state index in [9.17, 15) is 9.59 Å². The summed E-state index contributed by atoms with van der Waals surface area (Å²) in [5, 5.41) is 23.5. The average Bonchev–Trinajstić information content (AvgIpc) is 2.54. The highest BCUT2D eigenvalue weighted by molar-refractivity contribution is 5.99. The Kier molecular flexibility index (Phi) is 7.30. The molecule has 1 aromatic rings. The van der Waals surface area contributed by atoms with Crippen molar-refractivity contribution in [2.45, 2.75) is 26.3 Å². The minimum Gasteiger partial charge on any atom is -0.495 e. The Balaban J connectivity index is 2.86. The molecule has 128 valence electrons. The molecule has 0 saturated heterocycles. The largest absolute Gasteiger partial charge is 0.495 e. The van der Waals surface area contributed by atoms with E-state index in [-0.39, 0.29) is 17.9 Å². The molecule has 24 heavy (non-hydrogen) atoms. The molecule has 1 atom stereocenters. The maximum Gasteiger partial charge on any atom is 0.326 e. The van der Waals surface area contributed by atoms with Crippen LogP contribution in [0.3, 0.4) is 0 Å². The van der Waals surface area contributed by atoms with Gasteiger partial charge in [0.05, 0.1) is 12.8 Å². The van der Waals surface area contributed by atoms with Crippen molar-refractivity contribution in [1.29, 1.82) is 5.26 Å². The van der Waals surface area contributed by atoms with E-state index in [4.69, 9.17) is 15.1 Å². The average molecular weight is 331 g/mol. The molecule has 3 N–H and O–H groups in total. The summed E-state index contributed by atoms with van der Waals surface area (Å²) >= 11 is 0. The van der Waals surface area contributed by atoms with Gasteiger partial charge in [-0.2, -0.15) is 5.26 Å². The lowest BCUT2D eigenvalue weighted by atomic mass is 10.0. The molecule has 0 aromatic heterocycles. The molecule has 1 amide bonds. The molecule has 0 aliphatic heterocycles. The van der Waals surface area contributed by atoms with Crippen LogP contribution >= 0.6 is 0 Å². The summed E-state index contributed by atoms with van der Waals surface area (Å²) in [6.45, 7) is 3.71. The molecule has 1 aromatic carbocycles. The number of benzene rings is 1. The smallest absolute Gasteiger partial charge is 0.326 e. The third-order valence-corrected chi connectivity index (χ3v) is 3.15. The Labute approximate surface area is 140 Å². The van der Waals surface area contributed by atoms with Crippen molar-refractivity contribution >= 4 is 17.6 Å². The van der Waals surface area contributed by atoms with Crippen LogP contribution in [0.1, 0.15) is 20.3 Å². The second-order valence-electron chi connectivity index (χ2n) is 5.51. The number of nitrogens with zero attached hydrogens (tertiary/aromatic N) is 1. The second-order valence-corrected chi connectivity index (χ2v) is 5.51. The molecule has 0 bridgehead atoms. The number of carbonyl (C=O) groups excluding carboxylic acids is 1. The fourth-order valence-corrected chi connectivity index (χ4v) is 1.99. The molecule has 0 heterocycles. The van der Waals surface area contributed by atoms with E-state index in [0.717, 1.165) is 0 Å². The number of hydrogen-bond acceptors (Lipinski definition) is 5. The van der Waals surface area contributed by atoms with Crippen LogP contribution in [0.2, 0.25) is 0 Å². The van der Waals surface area contributed by atoms with Crippen molar-refractivity contribution in [3.8, 4) is 11.8 Å². The Bertz CT molecular complexity index is 662. The molecule has 1 unspecified atom stereocenters. The van der Waals surface area contributed by atoms with E-state index in [2.05, 4.69) is 10.6 Å². The van der Waals surface area contributed by atoms with Gasteiger partial charge in [-0.3, -0.25) is 4.79 Å². The second kappa shape index (κ2) is 9.20. The molecule has 7 nitrogen and oxygen atoms in total. The molecule has 1 rings (SSSR count). The predicted molar refractivity (Wildman–Crippen MR) is 89.3 cm³/mol. The predicted octanol–water partition coefficient (Wildman–Crippen LogP) is 2.13. The number of carbonyl (C=O) groups is 2. The number of amides is 1. The number of methoxy groups -OCH3 is 1. The van der Waals surface area contributed by atoms with Crippen LogP contribution in [0.15, 0.2) is 36.0 Å². The lowest BCUT2D eigenvalue weighted by Gasteiger charge is -2.16. The van der Waals surface area contributed by atoms with Gasteiger partial charge in [0.1, 0.15) is 23.4 Å². The van der Waals surface area contributed by atoms with Gasteiger partial charge in [0.15, 0.2) is 0 Å². The van der Waals surface area contributed by atoms with Crippen molar-refractivity contribution in [3.63, 3.8) is 0 Å². The van der Waals surface area contributed by atoms with Crippen molar-refractivity contribution < 1.29 is 19.4 Å². The van der Waals surface area contributed by atoms with Gasteiger partial charge < -0.3 is 20.5 Å². The van der Waals surface area contributed by atoms with Crippen LogP contribution < -0.4 is 15.4 Å². The van der Waals surface area contributed by atoms with E-state index >= 15 is 0 Å². The van der Waals surface area contributed by atoms with Crippen molar-refractivity contribution in [1.82, 2.24) is 5.32 Å². The van der Waals surface area contributed by atoms with Gasteiger partial charge in [-0.1, -0.05) is 26.0 Å². The van der Waals surface area contributed by atoms with Crippen LogP contribution in [0, 0.1) is 17.2 Å². The van der Waals surface area contributed by atoms with E-state index in [0.29, 0.717) is 11.4 Å². The molecular formula is C17H21N3O4. The minimum atomic E-state index is -1.13. The highest BCUT2D eigenvalue weighted by atomic mass is 16.5. The van der Waals surface area contributed by atoms with Crippen LogP contribution in [-0.2, 0) is 9.59 Å². The van der Waals surface area contributed by atoms with Crippen LogP contribution in [-0.4, -0.2) is 30.1 Å². The number of nitrogens with one attached hydrogen (secondary N) is 2. The zero-order valence-corrected chi connectivity index (χ0v) is 13.9. The van der Waals surface area contributed by atoms with Gasteiger partial charge >= 0.3 is 5.97 Å². The van der Waals surface area contributed by atoms with Crippen LogP contribution in [0.5, 0.6) is 5.75 Å². The summed E-state index contributed by atoms with van der Waals surface area (Å²) in [4.78, 5) is 23.3. The zero-order chi connectivity index (χ0) is 18.1. The fourth-order valence-electron chi connectivity index (χ4n) is 1.99. The highest BCUT2D eigenvalue weighted by Crippen LogP contribution is 2.23. The van der Waals surface area contributed by atoms with Gasteiger partial charge in [0, 0.05) is 6.20 Å². The number of anilines is 1. The molecule has 0 aliphatic carbocycles. The van der Waals surface area contributed by atoms with Gasteiger partial charge in [-0.05, 0) is 24.5 Å². The monoisotopic (exact) mass is 331 g/mol. The number of ether oxygens (including phenoxy) is 1. The van der Waals surface area contributed by atoms with Crippen LogP contribution in [0.25, 0.3) is 0 Å². The molecule has 0 aliphatic rings. The minimum absolute atomic E-state index is 0.0904. The van der Waals surface area contributed by atoms with Gasteiger partial charge in [-0.15, -0.1) is 0 Å². The first-order valence-corrected chi connectivity index (χ1v) is 7.42. The Hall–Kier alpha value is -3.01. The molecular weight excluding hydrogens is 310 g/mol. The number of hydrogen-bond donors (Lipinski definition) is 3. The number of carboxylic acid groups (broad SMARTS) is 1. The van der Waals surface area contributed by atoms with Crippen molar-refractivity contribution in [2.24, 2.45) is 5.92 Å². The van der Waals surface area contributed by atoms with E-state index in [1.54, 1.807) is 30.3 Å². The Morgan fingerprint density at radius 2 is 2.04 bits per heavy atom. The SMILES string of the molecule is COc1ccccc1N/C=C(/C#N)C(=O)NC(CC(C)C)C(=O)O. The van der Waals surface area contributed by atoms with Crippen LogP contribution in [0.4, 0.5) is 5.69 Å². The summed E-state index contributed by atoms with van der Waals surface area (Å²) < 4.78 is 5.16. The maximum absolute atomic E-state index is 12.1. The van der Waals surface area contributed by atoms with Crippen molar-refractivity contribution in [2.75, 3.05) is 12.4 Å². The normalized spacial score (nSPS) is 12.2. The third kappa shape index (κ3) is 5.65. The molecule has 0 fully saturated rings. The van der Waals surface area contributed by atoms with Crippen molar-refractivity contribution in [3.05, 3.63) is 36.0 Å². The first-order valence-electron chi connectivity index (χ1n) is 7.42. The number of carboxylic acids is 1. The first-order chi connectivity index (χ1) is 11.4. The first kappa shape index (κ1) is 19.0. The van der Waals surface area contributed by atoms with Gasteiger partial charge in [0.2, 0.25) is 0 Å². The number of nitriles is 1. The lowest BCUT2D eigenvalue weighted by molar-refractivity contribution is -0.141. The summed E-state index contributed by atoms with van der Waals surface area (Å²) in [5.74, 6) is -1.23. The maximum atomic E-state index is 12.1.